The first kappa shape index (κ1) is 109. The first-order chi connectivity index (χ1) is 64.8. The Morgan fingerprint density at radius 3 is 0.298 bits per heavy atom. The summed E-state index contributed by atoms with van der Waals surface area (Å²) < 4.78 is 122. The molecule has 0 amide bonds. The molecule has 0 aromatic heterocycles. The van der Waals surface area contributed by atoms with E-state index in [0.717, 1.165) is 278 Å². The lowest BCUT2D eigenvalue weighted by Gasteiger charge is -2.21. The molecule has 0 aliphatic carbocycles. The van der Waals surface area contributed by atoms with Gasteiger partial charge < -0.3 is 90.0 Å². The van der Waals surface area contributed by atoms with Crippen molar-refractivity contribution >= 4 is 64.6 Å². The minimum Gasteiger partial charge on any atom is -0.490 e. The Hall–Kier alpha value is -7.36. The third-order valence-corrected chi connectivity index (χ3v) is 24.0. The number of ether oxygens (including phenoxy) is 19. The van der Waals surface area contributed by atoms with Gasteiger partial charge in [0.1, 0.15) is 13.2 Å². The zero-order valence-electron chi connectivity index (χ0n) is 83.4. The van der Waals surface area contributed by atoms with Gasteiger partial charge >= 0.3 is 0 Å². The molecule has 0 N–H and O–H groups in total. The van der Waals surface area contributed by atoms with Crippen molar-refractivity contribution in [2.45, 2.75) is 326 Å². The van der Waals surface area contributed by atoms with Crippen LogP contribution in [0.3, 0.4) is 0 Å². The lowest BCUT2D eigenvalue weighted by Crippen LogP contribution is -2.15. The van der Waals surface area contributed by atoms with E-state index in [2.05, 4.69) is 142 Å². The number of hydrogen-bond donors (Lipinski definition) is 0. The van der Waals surface area contributed by atoms with Gasteiger partial charge in [-0.3, -0.25) is 0 Å². The monoisotopic (exact) mass is 1820 g/mol. The van der Waals surface area contributed by atoms with Gasteiger partial charge in [-0.2, -0.15) is 0 Å². The van der Waals surface area contributed by atoms with Gasteiger partial charge in [0, 0.05) is 0 Å². The normalized spacial score (nSPS) is 11.7. The van der Waals surface area contributed by atoms with Crippen LogP contribution < -0.4 is 56.8 Å². The first-order valence-corrected chi connectivity index (χ1v) is 52.5. The van der Waals surface area contributed by atoms with Crippen molar-refractivity contribution in [3.05, 3.63) is 72.8 Å². The van der Waals surface area contributed by atoms with E-state index >= 15 is 0 Å². The van der Waals surface area contributed by atoms with Gasteiger partial charge in [-0.15, -0.1) is 0 Å². The van der Waals surface area contributed by atoms with Gasteiger partial charge in [0.15, 0.2) is 69.0 Å². The third kappa shape index (κ3) is 40.2. The quantitative estimate of drug-likeness (QED) is 0.0260. The summed E-state index contributed by atoms with van der Waals surface area (Å²) in [5.74, 6) is 8.87. The summed E-state index contributed by atoms with van der Waals surface area (Å²) in [7, 11) is 0. The van der Waals surface area contributed by atoms with Crippen LogP contribution in [-0.2, 0) is 33.2 Å². The van der Waals surface area contributed by atoms with E-state index in [-0.39, 0.29) is 0 Å². The van der Waals surface area contributed by atoms with E-state index < -0.39 is 0 Å². The summed E-state index contributed by atoms with van der Waals surface area (Å²) in [6.07, 6.45) is 44.3. The minimum atomic E-state index is 0.323. The molecular weight excluding hydrogens is 1650 g/mol. The van der Waals surface area contributed by atoms with Crippen LogP contribution in [0, 0.1) is 0 Å². The van der Waals surface area contributed by atoms with Crippen molar-refractivity contribution in [1.29, 1.82) is 0 Å². The van der Waals surface area contributed by atoms with E-state index in [1.165, 1.54) is 89.9 Å². The van der Waals surface area contributed by atoms with Crippen molar-refractivity contribution in [1.82, 2.24) is 0 Å². The van der Waals surface area contributed by atoms with E-state index in [0.29, 0.717) is 195 Å². The summed E-state index contributed by atoms with van der Waals surface area (Å²) in [5.41, 5.74) is 0. The molecule has 8 aromatic carbocycles. The van der Waals surface area contributed by atoms with Crippen LogP contribution in [-0.4, -0.2) is 172 Å². The van der Waals surface area contributed by atoms with Gasteiger partial charge in [-0.05, 0) is 202 Å². The molecular formula is C112H174O19. The van der Waals surface area contributed by atoms with Crippen LogP contribution in [0.1, 0.15) is 326 Å². The molecule has 0 aliphatic heterocycles. The lowest BCUT2D eigenvalue weighted by molar-refractivity contribution is -0.0219. The molecule has 19 nitrogen and oxygen atoms in total. The molecule has 0 unspecified atom stereocenters. The molecule has 19 heteroatoms. The fourth-order valence-corrected chi connectivity index (χ4v) is 16.3. The summed E-state index contributed by atoms with van der Waals surface area (Å²) in [6.45, 7) is 35.2. The summed E-state index contributed by atoms with van der Waals surface area (Å²) in [4.78, 5) is 0. The standard InChI is InChI=1S/C112H174O19/c1-11-21-31-41-51-120-101-77-89-91-79-103(122-53-43-33-23-13-3)107(126-57-47-37-27-17-7)83-95(91)99-87-111(109(128-59-49-39-29-19-9)85-97(99)93(89)81-105(101)124-55-45-35-25-15-5)130-75-73-118-71-69-116-67-65-114-63-61-113-62-64-115-66-68-117-70-72-119-74-76-131-112-88-100-96-84-108(127-58-48-38-28-18-8)104(123-54-44-34-24-14-4)80-92(96)90-78-102(121-52-42-32-22-12-2)106(125-56-46-36-26-16-6)82-94(90)98(100)86-110(112)129-60-50-40-30-20-10/h77-88H,11-76H2,1-10H3. The van der Waals surface area contributed by atoms with Crippen LogP contribution in [0.15, 0.2) is 72.8 Å². The molecule has 0 spiro atoms. The minimum absolute atomic E-state index is 0.323. The molecule has 0 saturated carbocycles. The average molecular weight is 1820 g/mol. The number of hydrogen-bond acceptors (Lipinski definition) is 19. The van der Waals surface area contributed by atoms with Crippen LogP contribution >= 0.6 is 0 Å². The molecule has 8 rings (SSSR count). The fraction of sp³-hybridized carbons (Fsp3) is 0.679. The van der Waals surface area contributed by atoms with Gasteiger partial charge in [0.2, 0.25) is 0 Å². The highest BCUT2D eigenvalue weighted by Gasteiger charge is 2.25. The smallest absolute Gasteiger partial charge is 0.161 e. The number of benzene rings is 8. The summed E-state index contributed by atoms with van der Waals surface area (Å²) >= 11 is 0. The molecule has 8 aromatic rings. The highest BCUT2D eigenvalue weighted by Crippen LogP contribution is 2.50. The largest absolute Gasteiger partial charge is 0.490 e. The molecule has 0 fully saturated rings. The third-order valence-electron chi connectivity index (χ3n) is 24.0. The van der Waals surface area contributed by atoms with E-state index in [9.17, 15) is 0 Å². The Morgan fingerprint density at radius 2 is 0.198 bits per heavy atom. The molecule has 0 atom stereocenters. The highest BCUT2D eigenvalue weighted by atomic mass is 16.6. The Balaban J connectivity index is 0.808. The van der Waals surface area contributed by atoms with E-state index in [1.54, 1.807) is 0 Å². The molecule has 0 bridgehead atoms. The van der Waals surface area contributed by atoms with Crippen LogP contribution in [0.4, 0.5) is 0 Å². The summed E-state index contributed by atoms with van der Waals surface area (Å²) in [6, 6.07) is 26.3. The predicted molar refractivity (Wildman–Crippen MR) is 541 cm³/mol. The second-order valence-corrected chi connectivity index (χ2v) is 35.1. The van der Waals surface area contributed by atoms with Crippen LogP contribution in [0.25, 0.3) is 64.6 Å². The van der Waals surface area contributed by atoms with Crippen molar-refractivity contribution in [2.75, 3.05) is 172 Å². The van der Waals surface area contributed by atoms with Gasteiger partial charge in [-0.1, -0.05) is 262 Å². The average Bonchev–Trinajstić information content (AvgIpc) is 0.730. The zero-order valence-corrected chi connectivity index (χ0v) is 83.4. The number of fused-ring (bicyclic) bond motifs is 12. The molecule has 131 heavy (non-hydrogen) atoms. The van der Waals surface area contributed by atoms with Gasteiger partial charge in [0.05, 0.1) is 159 Å². The van der Waals surface area contributed by atoms with Gasteiger partial charge in [0.25, 0.3) is 0 Å². The van der Waals surface area contributed by atoms with Crippen molar-refractivity contribution < 1.29 is 90.0 Å². The predicted octanol–water partition coefficient (Wildman–Crippen LogP) is 29.8. The Kier molecular flexibility index (Phi) is 57.8. The van der Waals surface area contributed by atoms with E-state index in [4.69, 9.17) is 90.0 Å². The molecule has 0 heterocycles. The molecule has 0 radical (unpaired) electrons. The number of rotatable bonds is 86. The van der Waals surface area contributed by atoms with Crippen LogP contribution in [0.5, 0.6) is 69.0 Å². The zero-order chi connectivity index (χ0) is 92.4. The topological polar surface area (TPSA) is 175 Å². The van der Waals surface area contributed by atoms with Crippen LogP contribution in [0.2, 0.25) is 0 Å². The molecule has 736 valence electrons. The Bertz CT molecular complexity index is 3950. The molecule has 0 saturated heterocycles. The second kappa shape index (κ2) is 69.5. The first-order valence-electron chi connectivity index (χ1n) is 52.5. The maximum absolute atomic E-state index is 6.75. The number of unbranched alkanes of at least 4 members (excludes halogenated alkanes) is 30. The second-order valence-electron chi connectivity index (χ2n) is 35.1. The summed E-state index contributed by atoms with van der Waals surface area (Å²) in [5, 5.41) is 12.6. The Morgan fingerprint density at radius 1 is 0.107 bits per heavy atom. The lowest BCUT2D eigenvalue weighted by atomic mass is 9.93. The molecule has 0 aliphatic rings. The van der Waals surface area contributed by atoms with Crippen molar-refractivity contribution in [2.24, 2.45) is 0 Å². The maximum atomic E-state index is 6.75. The van der Waals surface area contributed by atoms with Crippen molar-refractivity contribution in [3.63, 3.8) is 0 Å². The SMILES string of the molecule is CCCCCCOc1cc2c3cc(OCCCCCC)c(OCCCCCC)cc3c3cc(OCCOCCOCCOCCOCCOCCOCCOCCOc4cc5c6cc(OCCCCCC)c(OCCCCCC)cc6c6cc(OCCCCCC)c(OCCCCCC)cc6c5cc4OCCCCCC)c(OCCCCCC)cc3c2cc1OCCCCCC. The van der Waals surface area contributed by atoms with E-state index in [1.807, 2.05) is 0 Å². The van der Waals surface area contributed by atoms with Crippen molar-refractivity contribution in [3.8, 4) is 69.0 Å². The van der Waals surface area contributed by atoms with Gasteiger partial charge in [-0.25, -0.2) is 0 Å². The highest BCUT2D eigenvalue weighted by molar-refractivity contribution is 6.28. The maximum Gasteiger partial charge on any atom is 0.161 e. The fourth-order valence-electron chi connectivity index (χ4n) is 16.3. The Labute approximate surface area is 789 Å².